The van der Waals surface area contributed by atoms with Gasteiger partial charge in [-0.3, -0.25) is 0 Å². The largest absolute Gasteiger partial charge is 0.465 e. The van der Waals surface area contributed by atoms with Crippen molar-refractivity contribution in [3.8, 4) is 11.1 Å². The summed E-state index contributed by atoms with van der Waals surface area (Å²) in [5.74, 6) is -0.449. The quantitative estimate of drug-likeness (QED) is 0.450. The first-order chi connectivity index (χ1) is 10.5. The molecule has 0 aromatic heterocycles. The van der Waals surface area contributed by atoms with Gasteiger partial charge >= 0.3 is 5.97 Å². The molecule has 0 amide bonds. The predicted octanol–water partition coefficient (Wildman–Crippen LogP) is 6.02. The number of hydrogen-bond acceptors (Lipinski definition) is 2. The molecule has 0 saturated heterocycles. The maximum absolute atomic E-state index is 12.0. The van der Waals surface area contributed by atoms with Crippen LogP contribution in [-0.2, 0) is 4.74 Å². The van der Waals surface area contributed by atoms with Gasteiger partial charge in [-0.2, -0.15) is 0 Å². The summed E-state index contributed by atoms with van der Waals surface area (Å²) in [6, 6.07) is 8.79. The second-order valence-corrected chi connectivity index (χ2v) is 6.67. The first-order valence-corrected chi connectivity index (χ1v) is 8.07. The second kappa shape index (κ2) is 5.93. The molecule has 3 rings (SSSR count). The van der Waals surface area contributed by atoms with Crippen molar-refractivity contribution in [1.29, 1.82) is 0 Å². The zero-order valence-corrected chi connectivity index (χ0v) is 14.4. The van der Waals surface area contributed by atoms with Gasteiger partial charge in [-0.15, -0.1) is 23.2 Å². The highest BCUT2D eigenvalue weighted by atomic mass is 35.5. The SMILES string of the molecule is COC(=O)c1cccc2c1[C@@H](Cl)[C@H](Cl)c1cc(Cl)c(Cl)cc1-2. The van der Waals surface area contributed by atoms with Crippen molar-refractivity contribution in [2.45, 2.75) is 10.8 Å². The van der Waals surface area contributed by atoms with Crippen molar-refractivity contribution >= 4 is 52.4 Å². The second-order valence-electron chi connectivity index (χ2n) is 4.92. The lowest BCUT2D eigenvalue weighted by Gasteiger charge is -2.30. The Morgan fingerprint density at radius 2 is 1.73 bits per heavy atom. The number of alkyl halides is 2. The Bertz CT molecular complexity index is 773. The first kappa shape index (κ1) is 15.9. The zero-order valence-electron chi connectivity index (χ0n) is 11.4. The van der Waals surface area contributed by atoms with E-state index in [1.165, 1.54) is 7.11 Å². The highest BCUT2D eigenvalue weighted by Gasteiger charge is 2.35. The molecule has 2 aromatic carbocycles. The maximum atomic E-state index is 12.0. The molecule has 2 nitrogen and oxygen atoms in total. The van der Waals surface area contributed by atoms with Gasteiger partial charge in [0.15, 0.2) is 0 Å². The molecular weight excluding hydrogens is 366 g/mol. The van der Waals surface area contributed by atoms with E-state index >= 15 is 0 Å². The Morgan fingerprint density at radius 1 is 1.05 bits per heavy atom. The monoisotopic (exact) mass is 374 g/mol. The lowest BCUT2D eigenvalue weighted by Crippen LogP contribution is -2.15. The van der Waals surface area contributed by atoms with Gasteiger partial charge in [0.05, 0.1) is 33.5 Å². The summed E-state index contributed by atoms with van der Waals surface area (Å²) >= 11 is 25.2. The summed E-state index contributed by atoms with van der Waals surface area (Å²) in [4.78, 5) is 12.0. The van der Waals surface area contributed by atoms with Crippen LogP contribution in [0.15, 0.2) is 30.3 Å². The van der Waals surface area contributed by atoms with Crippen LogP contribution in [0.4, 0.5) is 0 Å². The minimum absolute atomic E-state index is 0.405. The number of hydrogen-bond donors (Lipinski definition) is 0. The van der Waals surface area contributed by atoms with E-state index in [-0.39, 0.29) is 0 Å². The number of esters is 1. The average Bonchev–Trinajstić information content (AvgIpc) is 2.53. The predicted molar refractivity (Wildman–Crippen MR) is 90.4 cm³/mol. The van der Waals surface area contributed by atoms with Crippen LogP contribution in [0.3, 0.4) is 0 Å². The minimum atomic E-state index is -0.572. The summed E-state index contributed by atoms with van der Waals surface area (Å²) in [6.45, 7) is 0. The molecule has 0 saturated carbocycles. The number of methoxy groups -OCH3 is 1. The Morgan fingerprint density at radius 3 is 2.41 bits per heavy atom. The molecule has 114 valence electrons. The minimum Gasteiger partial charge on any atom is -0.465 e. The van der Waals surface area contributed by atoms with E-state index in [0.717, 1.165) is 16.7 Å². The molecule has 2 aromatic rings. The number of benzene rings is 2. The number of ether oxygens (including phenoxy) is 1. The van der Waals surface area contributed by atoms with Gasteiger partial charge in [0.25, 0.3) is 0 Å². The Balaban J connectivity index is 2.33. The van der Waals surface area contributed by atoms with Crippen molar-refractivity contribution in [1.82, 2.24) is 0 Å². The summed E-state index contributed by atoms with van der Waals surface area (Å²) in [5, 5.41) is -0.254. The third-order valence-corrected chi connectivity index (χ3v) is 5.53. The molecule has 2 atom stereocenters. The van der Waals surface area contributed by atoms with Crippen LogP contribution in [0.5, 0.6) is 0 Å². The van der Waals surface area contributed by atoms with Crippen LogP contribution >= 0.6 is 46.4 Å². The van der Waals surface area contributed by atoms with Crippen molar-refractivity contribution < 1.29 is 9.53 Å². The first-order valence-electron chi connectivity index (χ1n) is 6.44. The van der Waals surface area contributed by atoms with E-state index in [1.54, 1.807) is 24.3 Å². The van der Waals surface area contributed by atoms with E-state index in [2.05, 4.69) is 0 Å². The standard InChI is InChI=1S/C16H10Cl4O2/c1-22-16(21)8-4-2-3-7-9-5-11(17)12(18)6-10(9)14(19)15(20)13(7)8/h2-6,14-15H,1H3/t14-,15-/m1/s1. The van der Waals surface area contributed by atoms with Gasteiger partial charge in [0.1, 0.15) is 0 Å². The van der Waals surface area contributed by atoms with Crippen molar-refractivity contribution in [2.75, 3.05) is 7.11 Å². The highest BCUT2D eigenvalue weighted by Crippen LogP contribution is 2.53. The third-order valence-electron chi connectivity index (χ3n) is 3.72. The molecule has 6 heteroatoms. The fraction of sp³-hybridized carbons (Fsp3) is 0.188. The number of halogens is 4. The van der Waals surface area contributed by atoms with Gasteiger partial charge in [0, 0.05) is 0 Å². The summed E-state index contributed by atoms with van der Waals surface area (Å²) in [7, 11) is 1.33. The Kier molecular flexibility index (Phi) is 4.30. The van der Waals surface area contributed by atoms with Crippen LogP contribution in [0.25, 0.3) is 11.1 Å². The molecular formula is C16H10Cl4O2. The van der Waals surface area contributed by atoms with Gasteiger partial charge in [0.2, 0.25) is 0 Å². The number of carbonyl (C=O) groups is 1. The number of carbonyl (C=O) groups excluding carboxylic acids is 1. The summed E-state index contributed by atoms with van der Waals surface area (Å²) < 4.78 is 4.83. The van der Waals surface area contributed by atoms with Crippen molar-refractivity contribution in [3.63, 3.8) is 0 Å². The molecule has 0 unspecified atom stereocenters. The molecule has 1 aliphatic rings. The van der Waals surface area contributed by atoms with Crippen LogP contribution < -0.4 is 0 Å². The molecule has 0 bridgehead atoms. The average molecular weight is 376 g/mol. The van der Waals surface area contributed by atoms with E-state index in [0.29, 0.717) is 21.2 Å². The van der Waals surface area contributed by atoms with Gasteiger partial charge in [-0.05, 0) is 40.5 Å². The molecule has 0 heterocycles. The van der Waals surface area contributed by atoms with Crippen LogP contribution in [0.1, 0.15) is 32.2 Å². The van der Waals surface area contributed by atoms with Crippen LogP contribution in [0, 0.1) is 0 Å². The molecule has 0 radical (unpaired) electrons. The summed E-state index contributed by atoms with van der Waals surface area (Å²) in [6.07, 6.45) is 0. The fourth-order valence-corrected chi connectivity index (χ4v) is 3.73. The lowest BCUT2D eigenvalue weighted by molar-refractivity contribution is 0.0599. The molecule has 1 aliphatic carbocycles. The molecule has 0 aliphatic heterocycles. The number of fused-ring (bicyclic) bond motifs is 3. The zero-order chi connectivity index (χ0) is 16.0. The van der Waals surface area contributed by atoms with Crippen LogP contribution in [0.2, 0.25) is 10.0 Å². The van der Waals surface area contributed by atoms with E-state index in [1.807, 2.05) is 6.07 Å². The van der Waals surface area contributed by atoms with Crippen LogP contribution in [-0.4, -0.2) is 13.1 Å². The van der Waals surface area contributed by atoms with Gasteiger partial charge in [-0.25, -0.2) is 4.79 Å². The summed E-state index contributed by atoms with van der Waals surface area (Å²) in [5.41, 5.74) is 3.50. The third kappa shape index (κ3) is 2.39. The fourth-order valence-electron chi connectivity index (χ4n) is 2.71. The number of rotatable bonds is 1. The molecule has 0 fully saturated rings. The Hall–Kier alpha value is -0.930. The van der Waals surface area contributed by atoms with E-state index in [4.69, 9.17) is 51.1 Å². The van der Waals surface area contributed by atoms with Crippen molar-refractivity contribution in [2.24, 2.45) is 0 Å². The topological polar surface area (TPSA) is 26.3 Å². The van der Waals surface area contributed by atoms with E-state index in [9.17, 15) is 4.79 Å². The van der Waals surface area contributed by atoms with E-state index < -0.39 is 16.7 Å². The molecule has 22 heavy (non-hydrogen) atoms. The Labute approximate surface area is 147 Å². The van der Waals surface area contributed by atoms with Crippen molar-refractivity contribution in [3.05, 3.63) is 57.1 Å². The smallest absolute Gasteiger partial charge is 0.338 e. The lowest BCUT2D eigenvalue weighted by atomic mass is 9.82. The molecule has 0 N–H and O–H groups in total. The van der Waals surface area contributed by atoms with Gasteiger partial charge < -0.3 is 4.74 Å². The maximum Gasteiger partial charge on any atom is 0.338 e. The molecule has 0 spiro atoms. The van der Waals surface area contributed by atoms with Gasteiger partial charge in [-0.1, -0.05) is 35.3 Å². The normalized spacial score (nSPS) is 19.3. The highest BCUT2D eigenvalue weighted by molar-refractivity contribution is 6.42.